The SMILES string of the molecule is CC1=CC(C(C#N)C#N)CCC1. The van der Waals surface area contributed by atoms with Gasteiger partial charge in [-0.25, -0.2) is 0 Å². The fraction of sp³-hybridized carbons (Fsp3) is 0.600. The van der Waals surface area contributed by atoms with Crippen LogP contribution in [-0.4, -0.2) is 0 Å². The third kappa shape index (κ3) is 1.86. The zero-order chi connectivity index (χ0) is 8.97. The molecule has 2 nitrogen and oxygen atoms in total. The Morgan fingerprint density at radius 3 is 2.67 bits per heavy atom. The first-order valence-electron chi connectivity index (χ1n) is 4.24. The molecule has 0 N–H and O–H groups in total. The van der Waals surface area contributed by atoms with Crippen molar-refractivity contribution >= 4 is 0 Å². The van der Waals surface area contributed by atoms with Crippen molar-refractivity contribution in [2.75, 3.05) is 0 Å². The lowest BCUT2D eigenvalue weighted by molar-refractivity contribution is 0.481. The highest BCUT2D eigenvalue weighted by atomic mass is 14.3. The first-order chi connectivity index (χ1) is 5.77. The van der Waals surface area contributed by atoms with Crippen LogP contribution in [0.1, 0.15) is 26.2 Å². The molecule has 0 fully saturated rings. The van der Waals surface area contributed by atoms with Gasteiger partial charge in [-0.2, -0.15) is 10.5 Å². The number of hydrogen-bond donors (Lipinski definition) is 0. The van der Waals surface area contributed by atoms with Crippen LogP contribution in [-0.2, 0) is 0 Å². The Hall–Kier alpha value is -1.28. The summed E-state index contributed by atoms with van der Waals surface area (Å²) in [6.45, 7) is 2.07. The van der Waals surface area contributed by atoms with Crippen molar-refractivity contribution in [2.24, 2.45) is 11.8 Å². The fourth-order valence-electron chi connectivity index (χ4n) is 1.63. The van der Waals surface area contributed by atoms with E-state index in [0.29, 0.717) is 0 Å². The number of hydrogen-bond acceptors (Lipinski definition) is 2. The minimum atomic E-state index is -0.444. The molecule has 0 radical (unpaired) electrons. The third-order valence-electron chi connectivity index (χ3n) is 2.31. The molecule has 0 bridgehead atoms. The lowest BCUT2D eigenvalue weighted by Crippen LogP contribution is -2.12. The van der Waals surface area contributed by atoms with Gasteiger partial charge in [0, 0.05) is 5.92 Å². The Morgan fingerprint density at radius 2 is 2.17 bits per heavy atom. The lowest BCUT2D eigenvalue weighted by Gasteiger charge is -2.19. The number of allylic oxidation sites excluding steroid dienone is 2. The monoisotopic (exact) mass is 160 g/mol. The van der Waals surface area contributed by atoms with Gasteiger partial charge in [0.2, 0.25) is 0 Å². The Bertz CT molecular complexity index is 251. The van der Waals surface area contributed by atoms with E-state index in [-0.39, 0.29) is 5.92 Å². The van der Waals surface area contributed by atoms with Crippen LogP contribution in [0.3, 0.4) is 0 Å². The summed E-state index contributed by atoms with van der Waals surface area (Å²) in [5, 5.41) is 17.3. The van der Waals surface area contributed by atoms with Crippen LogP contribution >= 0.6 is 0 Å². The molecule has 0 aromatic heterocycles. The number of nitrogens with zero attached hydrogens (tertiary/aromatic N) is 2. The van der Waals surface area contributed by atoms with E-state index in [4.69, 9.17) is 10.5 Å². The summed E-state index contributed by atoms with van der Waals surface area (Å²) < 4.78 is 0. The van der Waals surface area contributed by atoms with Gasteiger partial charge in [0.25, 0.3) is 0 Å². The van der Waals surface area contributed by atoms with Gasteiger partial charge in [-0.05, 0) is 26.2 Å². The molecule has 0 aromatic rings. The van der Waals surface area contributed by atoms with Crippen molar-refractivity contribution in [3.05, 3.63) is 11.6 Å². The van der Waals surface area contributed by atoms with Crippen molar-refractivity contribution in [2.45, 2.75) is 26.2 Å². The third-order valence-corrected chi connectivity index (χ3v) is 2.31. The van der Waals surface area contributed by atoms with Gasteiger partial charge in [-0.1, -0.05) is 11.6 Å². The van der Waals surface area contributed by atoms with E-state index in [1.165, 1.54) is 5.57 Å². The number of rotatable bonds is 1. The van der Waals surface area contributed by atoms with E-state index in [1.807, 2.05) is 12.1 Å². The van der Waals surface area contributed by atoms with Crippen LogP contribution in [0.5, 0.6) is 0 Å². The summed E-state index contributed by atoms with van der Waals surface area (Å²) in [6, 6.07) is 4.07. The molecule has 0 amide bonds. The van der Waals surface area contributed by atoms with Gasteiger partial charge in [0.1, 0.15) is 5.92 Å². The Labute approximate surface area is 73.1 Å². The maximum atomic E-state index is 8.66. The highest BCUT2D eigenvalue weighted by Crippen LogP contribution is 2.27. The molecule has 0 spiro atoms. The van der Waals surface area contributed by atoms with Crippen LogP contribution in [0.15, 0.2) is 11.6 Å². The molecule has 1 aliphatic rings. The quantitative estimate of drug-likeness (QED) is 0.553. The fourth-order valence-corrected chi connectivity index (χ4v) is 1.63. The molecule has 1 unspecified atom stereocenters. The molecule has 0 aromatic carbocycles. The van der Waals surface area contributed by atoms with Crippen molar-refractivity contribution in [1.82, 2.24) is 0 Å². The lowest BCUT2D eigenvalue weighted by atomic mass is 9.83. The van der Waals surface area contributed by atoms with Crippen LogP contribution in [0.2, 0.25) is 0 Å². The van der Waals surface area contributed by atoms with E-state index >= 15 is 0 Å². The Balaban J connectivity index is 2.71. The summed E-state index contributed by atoms with van der Waals surface area (Å²) in [5.41, 5.74) is 1.32. The molecule has 0 saturated carbocycles. The average Bonchev–Trinajstić information content (AvgIpc) is 2.07. The highest BCUT2D eigenvalue weighted by Gasteiger charge is 2.20. The second-order valence-electron chi connectivity index (χ2n) is 3.30. The van der Waals surface area contributed by atoms with Crippen LogP contribution in [0, 0.1) is 34.5 Å². The Kier molecular flexibility index (Phi) is 2.88. The predicted octanol–water partition coefficient (Wildman–Crippen LogP) is 2.40. The zero-order valence-corrected chi connectivity index (χ0v) is 7.25. The molecular formula is C10H12N2. The number of nitriles is 2. The van der Waals surface area contributed by atoms with E-state index in [2.05, 4.69) is 13.0 Å². The van der Waals surface area contributed by atoms with Gasteiger partial charge in [-0.15, -0.1) is 0 Å². The summed E-state index contributed by atoms with van der Waals surface area (Å²) in [6.07, 6.45) is 5.32. The maximum absolute atomic E-state index is 8.66. The molecule has 1 rings (SSSR count). The minimum absolute atomic E-state index is 0.175. The van der Waals surface area contributed by atoms with Crippen LogP contribution < -0.4 is 0 Å². The smallest absolute Gasteiger partial charge is 0.139 e. The Morgan fingerprint density at radius 1 is 1.50 bits per heavy atom. The van der Waals surface area contributed by atoms with Gasteiger partial charge >= 0.3 is 0 Å². The van der Waals surface area contributed by atoms with Gasteiger partial charge < -0.3 is 0 Å². The van der Waals surface area contributed by atoms with E-state index in [0.717, 1.165) is 19.3 Å². The summed E-state index contributed by atoms with van der Waals surface area (Å²) in [7, 11) is 0. The topological polar surface area (TPSA) is 47.6 Å². The van der Waals surface area contributed by atoms with E-state index in [1.54, 1.807) is 0 Å². The average molecular weight is 160 g/mol. The molecule has 0 heterocycles. The van der Waals surface area contributed by atoms with E-state index < -0.39 is 5.92 Å². The zero-order valence-electron chi connectivity index (χ0n) is 7.25. The second kappa shape index (κ2) is 3.93. The standard InChI is InChI=1S/C10H12N2/c1-8-3-2-4-9(5-8)10(6-11)7-12/h5,9-10H,2-4H2,1H3. The normalized spacial score (nSPS) is 22.7. The van der Waals surface area contributed by atoms with Gasteiger partial charge in [0.15, 0.2) is 0 Å². The maximum Gasteiger partial charge on any atom is 0.139 e. The molecular weight excluding hydrogens is 148 g/mol. The van der Waals surface area contributed by atoms with Gasteiger partial charge in [0.05, 0.1) is 12.1 Å². The molecule has 2 heteroatoms. The molecule has 1 atom stereocenters. The second-order valence-corrected chi connectivity index (χ2v) is 3.30. The van der Waals surface area contributed by atoms with E-state index in [9.17, 15) is 0 Å². The predicted molar refractivity (Wildman–Crippen MR) is 45.8 cm³/mol. The van der Waals surface area contributed by atoms with Crippen molar-refractivity contribution < 1.29 is 0 Å². The van der Waals surface area contributed by atoms with Crippen molar-refractivity contribution in [3.8, 4) is 12.1 Å². The molecule has 1 aliphatic carbocycles. The van der Waals surface area contributed by atoms with Gasteiger partial charge in [-0.3, -0.25) is 0 Å². The first-order valence-corrected chi connectivity index (χ1v) is 4.24. The molecule has 0 aliphatic heterocycles. The van der Waals surface area contributed by atoms with Crippen LogP contribution in [0.25, 0.3) is 0 Å². The van der Waals surface area contributed by atoms with Crippen molar-refractivity contribution in [3.63, 3.8) is 0 Å². The minimum Gasteiger partial charge on any atom is -0.197 e. The summed E-state index contributed by atoms with van der Waals surface area (Å²) in [4.78, 5) is 0. The largest absolute Gasteiger partial charge is 0.197 e. The summed E-state index contributed by atoms with van der Waals surface area (Å²) in [5.74, 6) is -0.269. The highest BCUT2D eigenvalue weighted by molar-refractivity contribution is 5.14. The van der Waals surface area contributed by atoms with Crippen LogP contribution in [0.4, 0.5) is 0 Å². The molecule has 0 saturated heterocycles. The summed E-state index contributed by atoms with van der Waals surface area (Å²) >= 11 is 0. The van der Waals surface area contributed by atoms with Crippen molar-refractivity contribution in [1.29, 1.82) is 10.5 Å². The molecule has 12 heavy (non-hydrogen) atoms. The first kappa shape index (κ1) is 8.81. The molecule has 62 valence electrons.